The minimum absolute atomic E-state index is 0.0332. The molecule has 0 N–H and O–H groups in total. The van der Waals surface area contributed by atoms with Gasteiger partial charge >= 0.3 is 12.2 Å². The molecule has 2 bridgehead atoms. The molecule has 3 saturated heterocycles. The highest BCUT2D eigenvalue weighted by atomic mass is 16.6. The van der Waals surface area contributed by atoms with Crippen LogP contribution in [0.1, 0.15) is 65.7 Å². The molecular weight excluding hydrogens is 348 g/mol. The second kappa shape index (κ2) is 8.25. The highest BCUT2D eigenvalue weighted by molar-refractivity contribution is 5.70. The first-order valence-electron chi connectivity index (χ1n) is 10.3. The SMILES string of the molecule is CN(C(=O)OC(C)(C)C)[C@@H]1C[C@H]2CCC[C@@H](C1)N2C(=O)OC1CCOCC1. The second-order valence-corrected chi connectivity index (χ2v) is 9.06. The predicted molar refractivity (Wildman–Crippen MR) is 101 cm³/mol. The summed E-state index contributed by atoms with van der Waals surface area (Å²) >= 11 is 0. The summed E-state index contributed by atoms with van der Waals surface area (Å²) in [6, 6.07) is 0.377. The molecule has 3 aliphatic rings. The van der Waals surface area contributed by atoms with Crippen molar-refractivity contribution in [2.45, 2.75) is 95.5 Å². The average Bonchev–Trinajstić information content (AvgIpc) is 2.59. The van der Waals surface area contributed by atoms with Crippen LogP contribution in [-0.4, -0.2) is 72.1 Å². The van der Waals surface area contributed by atoms with Crippen molar-refractivity contribution in [3.63, 3.8) is 0 Å². The Morgan fingerprint density at radius 1 is 1.04 bits per heavy atom. The Hall–Kier alpha value is -1.50. The van der Waals surface area contributed by atoms with E-state index >= 15 is 0 Å². The Labute approximate surface area is 162 Å². The van der Waals surface area contributed by atoms with Crippen LogP contribution in [-0.2, 0) is 14.2 Å². The lowest BCUT2D eigenvalue weighted by atomic mass is 9.81. The summed E-state index contributed by atoms with van der Waals surface area (Å²) < 4.78 is 16.6. The lowest BCUT2D eigenvalue weighted by molar-refractivity contribution is -0.0442. The van der Waals surface area contributed by atoms with Gasteiger partial charge in [0.2, 0.25) is 0 Å². The van der Waals surface area contributed by atoms with Crippen LogP contribution < -0.4 is 0 Å². The third kappa shape index (κ3) is 5.06. The summed E-state index contributed by atoms with van der Waals surface area (Å²) in [5.41, 5.74) is -0.505. The molecule has 0 unspecified atom stereocenters. The average molecular weight is 383 g/mol. The van der Waals surface area contributed by atoms with Gasteiger partial charge in [-0.1, -0.05) is 0 Å². The van der Waals surface area contributed by atoms with E-state index in [2.05, 4.69) is 0 Å². The van der Waals surface area contributed by atoms with Crippen molar-refractivity contribution in [3.05, 3.63) is 0 Å². The monoisotopic (exact) mass is 382 g/mol. The molecule has 3 fully saturated rings. The minimum Gasteiger partial charge on any atom is -0.446 e. The zero-order chi connectivity index (χ0) is 19.6. The molecule has 3 heterocycles. The molecule has 0 aromatic rings. The number of fused-ring (bicyclic) bond motifs is 2. The topological polar surface area (TPSA) is 68.3 Å². The van der Waals surface area contributed by atoms with Gasteiger partial charge in [0, 0.05) is 38.0 Å². The van der Waals surface area contributed by atoms with Crippen LogP contribution in [0.5, 0.6) is 0 Å². The van der Waals surface area contributed by atoms with Crippen LogP contribution in [0, 0.1) is 0 Å². The zero-order valence-electron chi connectivity index (χ0n) is 17.1. The maximum Gasteiger partial charge on any atom is 0.410 e. The van der Waals surface area contributed by atoms with Crippen LogP contribution in [0.15, 0.2) is 0 Å². The Morgan fingerprint density at radius 3 is 2.19 bits per heavy atom. The number of hydrogen-bond acceptors (Lipinski definition) is 5. The lowest BCUT2D eigenvalue weighted by Crippen LogP contribution is -2.59. The fraction of sp³-hybridized carbons (Fsp3) is 0.900. The molecular formula is C20H34N2O5. The van der Waals surface area contributed by atoms with Crippen LogP contribution >= 0.6 is 0 Å². The van der Waals surface area contributed by atoms with E-state index in [0.29, 0.717) is 13.2 Å². The Morgan fingerprint density at radius 2 is 1.63 bits per heavy atom. The van der Waals surface area contributed by atoms with Crippen molar-refractivity contribution in [1.29, 1.82) is 0 Å². The number of hydrogen-bond donors (Lipinski definition) is 0. The van der Waals surface area contributed by atoms with Gasteiger partial charge in [0.1, 0.15) is 11.7 Å². The predicted octanol–water partition coefficient (Wildman–Crippen LogP) is 3.55. The van der Waals surface area contributed by atoms with Crippen molar-refractivity contribution in [3.8, 4) is 0 Å². The first-order valence-corrected chi connectivity index (χ1v) is 10.3. The normalized spacial score (nSPS) is 29.2. The van der Waals surface area contributed by atoms with Gasteiger partial charge in [-0.2, -0.15) is 0 Å². The molecule has 3 rings (SSSR count). The van der Waals surface area contributed by atoms with Crippen LogP contribution in [0.3, 0.4) is 0 Å². The van der Waals surface area contributed by atoms with Crippen LogP contribution in [0.2, 0.25) is 0 Å². The quantitative estimate of drug-likeness (QED) is 0.730. The summed E-state index contributed by atoms with van der Waals surface area (Å²) in [5, 5.41) is 0. The first kappa shape index (κ1) is 20.2. The van der Waals surface area contributed by atoms with Crippen molar-refractivity contribution in [2.75, 3.05) is 20.3 Å². The van der Waals surface area contributed by atoms with Gasteiger partial charge in [-0.25, -0.2) is 9.59 Å². The largest absolute Gasteiger partial charge is 0.446 e. The van der Waals surface area contributed by atoms with E-state index in [9.17, 15) is 9.59 Å². The molecule has 0 saturated carbocycles. The lowest BCUT2D eigenvalue weighted by Gasteiger charge is -2.50. The van der Waals surface area contributed by atoms with Crippen molar-refractivity contribution in [1.82, 2.24) is 9.80 Å². The molecule has 154 valence electrons. The molecule has 0 aromatic carbocycles. The van der Waals surface area contributed by atoms with Crippen LogP contribution in [0.4, 0.5) is 9.59 Å². The second-order valence-electron chi connectivity index (χ2n) is 9.06. The van der Waals surface area contributed by atoms with Crippen molar-refractivity contribution < 1.29 is 23.8 Å². The number of amides is 2. The minimum atomic E-state index is -0.505. The number of rotatable bonds is 2. The number of carbonyl (C=O) groups is 2. The fourth-order valence-corrected chi connectivity index (χ4v) is 4.45. The van der Waals surface area contributed by atoms with Gasteiger partial charge in [-0.05, 0) is 52.9 Å². The maximum absolute atomic E-state index is 12.8. The van der Waals surface area contributed by atoms with Crippen molar-refractivity contribution >= 4 is 12.2 Å². The Kier molecular flexibility index (Phi) is 6.18. The Bertz CT molecular complexity index is 527. The smallest absolute Gasteiger partial charge is 0.410 e. The van der Waals surface area contributed by atoms with Gasteiger partial charge in [0.05, 0.1) is 13.2 Å². The molecule has 0 spiro atoms. The van der Waals surface area contributed by atoms with E-state index in [4.69, 9.17) is 14.2 Å². The zero-order valence-corrected chi connectivity index (χ0v) is 17.1. The number of carbonyl (C=O) groups excluding carboxylic acids is 2. The molecule has 3 aliphatic heterocycles. The third-order valence-corrected chi connectivity index (χ3v) is 5.83. The molecule has 3 atom stereocenters. The standard InChI is InChI=1S/C20H34N2O5/c1-20(2,3)27-18(23)21(4)16-12-14-6-5-7-15(13-16)22(14)19(24)26-17-8-10-25-11-9-17/h14-17H,5-13H2,1-4H3/t14-,15+,16-. The molecule has 2 amide bonds. The first-order chi connectivity index (χ1) is 12.7. The molecule has 7 nitrogen and oxygen atoms in total. The van der Waals surface area contributed by atoms with Gasteiger partial charge in [0.25, 0.3) is 0 Å². The van der Waals surface area contributed by atoms with Gasteiger partial charge < -0.3 is 24.0 Å². The third-order valence-electron chi connectivity index (χ3n) is 5.83. The van der Waals surface area contributed by atoms with E-state index in [1.165, 1.54) is 0 Å². The van der Waals surface area contributed by atoms with E-state index < -0.39 is 5.60 Å². The van der Waals surface area contributed by atoms with Crippen molar-refractivity contribution in [2.24, 2.45) is 0 Å². The summed E-state index contributed by atoms with van der Waals surface area (Å²) in [6.07, 6.45) is 5.69. The highest BCUT2D eigenvalue weighted by Gasteiger charge is 2.44. The summed E-state index contributed by atoms with van der Waals surface area (Å²) in [6.45, 7) is 6.95. The summed E-state index contributed by atoms with van der Waals surface area (Å²) in [7, 11) is 1.81. The number of ether oxygens (including phenoxy) is 3. The van der Waals surface area contributed by atoms with E-state index in [-0.39, 0.29) is 36.4 Å². The van der Waals surface area contributed by atoms with E-state index in [1.807, 2.05) is 32.7 Å². The maximum atomic E-state index is 12.8. The van der Waals surface area contributed by atoms with Gasteiger partial charge in [-0.15, -0.1) is 0 Å². The Balaban J connectivity index is 1.61. The number of piperidine rings is 2. The molecule has 0 aliphatic carbocycles. The summed E-state index contributed by atoms with van der Waals surface area (Å²) in [5.74, 6) is 0. The van der Waals surface area contributed by atoms with Gasteiger partial charge in [-0.3, -0.25) is 0 Å². The number of nitrogens with zero attached hydrogens (tertiary/aromatic N) is 2. The summed E-state index contributed by atoms with van der Waals surface area (Å²) in [4.78, 5) is 29.0. The molecule has 27 heavy (non-hydrogen) atoms. The van der Waals surface area contributed by atoms with E-state index in [0.717, 1.165) is 44.9 Å². The highest BCUT2D eigenvalue weighted by Crippen LogP contribution is 2.37. The van der Waals surface area contributed by atoms with Gasteiger partial charge in [0.15, 0.2) is 0 Å². The van der Waals surface area contributed by atoms with E-state index in [1.54, 1.807) is 4.90 Å². The molecule has 0 aromatic heterocycles. The van der Waals surface area contributed by atoms with Crippen LogP contribution in [0.25, 0.3) is 0 Å². The fourth-order valence-electron chi connectivity index (χ4n) is 4.45. The molecule has 7 heteroatoms. The molecule has 0 radical (unpaired) electrons.